The maximum Gasteiger partial charge on any atom is 0.410 e. The van der Waals surface area contributed by atoms with E-state index >= 15 is 0 Å². The van der Waals surface area contributed by atoms with Crippen LogP contribution in [0.3, 0.4) is 0 Å². The van der Waals surface area contributed by atoms with Crippen molar-refractivity contribution in [3.05, 3.63) is 41.0 Å². The smallest absolute Gasteiger partial charge is 0.410 e. The van der Waals surface area contributed by atoms with E-state index in [1.165, 1.54) is 14.2 Å². The van der Waals surface area contributed by atoms with E-state index in [0.717, 1.165) is 16.2 Å². The summed E-state index contributed by atoms with van der Waals surface area (Å²) in [6.45, 7) is 7.81. The number of carbonyl (C=O) groups excluding carboxylic acids is 2. The lowest BCUT2D eigenvalue weighted by Gasteiger charge is -2.36. The van der Waals surface area contributed by atoms with Gasteiger partial charge in [-0.25, -0.2) is 14.8 Å². The van der Waals surface area contributed by atoms with Crippen molar-refractivity contribution in [3.63, 3.8) is 0 Å². The van der Waals surface area contributed by atoms with Gasteiger partial charge in [0, 0.05) is 45.0 Å². The lowest BCUT2D eigenvalue weighted by molar-refractivity contribution is -0.0756. The third-order valence-corrected chi connectivity index (χ3v) is 5.53. The number of hydrogen-bond acceptors (Lipinski definition) is 7. The van der Waals surface area contributed by atoms with Gasteiger partial charge in [0.15, 0.2) is 5.82 Å². The monoisotopic (exact) mass is 475 g/mol. The summed E-state index contributed by atoms with van der Waals surface area (Å²) < 4.78 is 5.45. The molecule has 0 radical (unpaired) electrons. The molecule has 2 heterocycles. The number of nitrogens with zero attached hydrogens (tertiary/aromatic N) is 4. The van der Waals surface area contributed by atoms with E-state index in [2.05, 4.69) is 9.88 Å². The molecule has 9 nitrogen and oxygen atoms in total. The fraction of sp³-hybridized carbons (Fsp3) is 0.435. The van der Waals surface area contributed by atoms with Crippen molar-refractivity contribution in [2.75, 3.05) is 51.0 Å². The van der Waals surface area contributed by atoms with E-state index in [-0.39, 0.29) is 12.0 Å². The Hall–Kier alpha value is -3.04. The second-order valence-corrected chi connectivity index (χ2v) is 9.18. The molecular weight excluding hydrogens is 446 g/mol. The number of carbonyl (C=O) groups is 2. The maximum absolute atomic E-state index is 12.3. The first kappa shape index (κ1) is 24.6. The molecule has 33 heavy (non-hydrogen) atoms. The van der Waals surface area contributed by atoms with Crippen LogP contribution in [0.25, 0.3) is 11.1 Å². The molecule has 0 unspecified atom stereocenters. The molecule has 2 aromatic rings. The molecule has 0 atom stereocenters. The summed E-state index contributed by atoms with van der Waals surface area (Å²) in [6.07, 6.45) is 1.41. The average molecular weight is 476 g/mol. The highest BCUT2D eigenvalue weighted by Gasteiger charge is 2.27. The third-order valence-electron chi connectivity index (χ3n) is 5.22. The molecule has 0 aliphatic carbocycles. The zero-order valence-electron chi connectivity index (χ0n) is 19.6. The van der Waals surface area contributed by atoms with Crippen LogP contribution in [-0.4, -0.2) is 72.9 Å². The molecule has 0 saturated carbocycles. The normalized spacial score (nSPS) is 14.2. The van der Waals surface area contributed by atoms with Crippen LogP contribution >= 0.6 is 11.6 Å². The molecule has 1 aromatic carbocycles. The molecule has 10 heteroatoms. The van der Waals surface area contributed by atoms with Crippen molar-refractivity contribution in [2.24, 2.45) is 0 Å². The number of halogens is 1. The topological polar surface area (TPSA) is 101 Å². The summed E-state index contributed by atoms with van der Waals surface area (Å²) in [5, 5.41) is 1.42. The highest BCUT2D eigenvalue weighted by molar-refractivity contribution is 6.34. The van der Waals surface area contributed by atoms with Gasteiger partial charge in [-0.1, -0.05) is 17.7 Å². The Balaban J connectivity index is 1.70. The van der Waals surface area contributed by atoms with Crippen molar-refractivity contribution in [2.45, 2.75) is 26.4 Å². The number of hydroxylamine groups is 2. The molecule has 1 aromatic heterocycles. The summed E-state index contributed by atoms with van der Waals surface area (Å²) in [6, 6.07) is 6.97. The number of rotatable bonds is 4. The number of amides is 2. The Morgan fingerprint density at radius 3 is 2.33 bits per heavy atom. The largest absolute Gasteiger partial charge is 0.444 e. The van der Waals surface area contributed by atoms with Gasteiger partial charge in [-0.05, 0) is 44.5 Å². The van der Waals surface area contributed by atoms with Crippen molar-refractivity contribution in [1.29, 1.82) is 0 Å². The predicted octanol–water partition coefficient (Wildman–Crippen LogP) is 3.67. The van der Waals surface area contributed by atoms with Gasteiger partial charge in [-0.15, -0.1) is 0 Å². The number of pyridine rings is 1. The fourth-order valence-electron chi connectivity index (χ4n) is 3.44. The van der Waals surface area contributed by atoms with E-state index in [4.69, 9.17) is 26.9 Å². The predicted molar refractivity (Wildman–Crippen MR) is 128 cm³/mol. The number of nitrogen functional groups attached to an aromatic ring is 1. The molecule has 178 valence electrons. The first-order valence-corrected chi connectivity index (χ1v) is 11.0. The third kappa shape index (κ3) is 5.85. The molecule has 0 bridgehead atoms. The van der Waals surface area contributed by atoms with Crippen LogP contribution in [0.4, 0.5) is 16.3 Å². The van der Waals surface area contributed by atoms with E-state index in [1.54, 1.807) is 29.3 Å². The second-order valence-electron chi connectivity index (χ2n) is 8.77. The van der Waals surface area contributed by atoms with Gasteiger partial charge in [0.25, 0.3) is 5.91 Å². The fourth-order valence-corrected chi connectivity index (χ4v) is 3.71. The van der Waals surface area contributed by atoms with E-state index in [9.17, 15) is 9.59 Å². The van der Waals surface area contributed by atoms with Gasteiger partial charge in [-0.3, -0.25) is 9.63 Å². The minimum atomic E-state index is -0.524. The summed E-state index contributed by atoms with van der Waals surface area (Å²) in [5.41, 5.74) is 8.23. The Morgan fingerprint density at radius 1 is 1.12 bits per heavy atom. The lowest BCUT2D eigenvalue weighted by Crippen LogP contribution is -2.50. The van der Waals surface area contributed by atoms with Crippen LogP contribution in [0.1, 0.15) is 31.1 Å². The first-order valence-electron chi connectivity index (χ1n) is 10.6. The molecule has 1 saturated heterocycles. The highest BCUT2D eigenvalue weighted by Crippen LogP contribution is 2.30. The Morgan fingerprint density at radius 2 is 1.79 bits per heavy atom. The molecule has 1 aliphatic heterocycles. The highest BCUT2D eigenvalue weighted by atomic mass is 35.5. The number of ether oxygens (including phenoxy) is 1. The minimum absolute atomic E-state index is 0.308. The van der Waals surface area contributed by atoms with Crippen molar-refractivity contribution in [3.8, 4) is 11.1 Å². The number of hydrogen-bond donors (Lipinski definition) is 1. The molecule has 2 amide bonds. The molecule has 2 N–H and O–H groups in total. The van der Waals surface area contributed by atoms with Crippen LogP contribution in [0, 0.1) is 0 Å². The van der Waals surface area contributed by atoms with Crippen molar-refractivity contribution >= 4 is 35.1 Å². The number of anilines is 2. The average Bonchev–Trinajstić information content (AvgIpc) is 2.77. The molecule has 1 fully saturated rings. The SMILES string of the molecule is CON(C)C(=O)c1ccc(-c2cnc(N3CCN(C(=O)OC(C)(C)C)CC3)c(N)c2)cc1Cl. The molecular formula is C23H30ClN5O4. The number of nitrogens with two attached hydrogens (primary N) is 1. The summed E-state index contributed by atoms with van der Waals surface area (Å²) in [5.74, 6) is 0.328. The summed E-state index contributed by atoms with van der Waals surface area (Å²) in [4.78, 5) is 37.8. The van der Waals surface area contributed by atoms with Gasteiger partial charge < -0.3 is 20.3 Å². The summed E-state index contributed by atoms with van der Waals surface area (Å²) in [7, 11) is 2.93. The zero-order valence-corrected chi connectivity index (χ0v) is 20.3. The van der Waals surface area contributed by atoms with Gasteiger partial charge in [-0.2, -0.15) is 0 Å². The number of aromatic nitrogens is 1. The van der Waals surface area contributed by atoms with E-state index in [0.29, 0.717) is 48.3 Å². The molecule has 1 aliphatic rings. The van der Waals surface area contributed by atoms with Crippen LogP contribution in [-0.2, 0) is 9.57 Å². The van der Waals surface area contributed by atoms with E-state index < -0.39 is 5.60 Å². The Labute approximate surface area is 199 Å². The summed E-state index contributed by atoms with van der Waals surface area (Å²) >= 11 is 6.34. The van der Waals surface area contributed by atoms with Gasteiger partial charge in [0.05, 0.1) is 23.4 Å². The number of piperazine rings is 1. The Kier molecular flexibility index (Phi) is 7.34. The molecule has 0 spiro atoms. The Bertz CT molecular complexity index is 1030. The maximum atomic E-state index is 12.3. The number of benzene rings is 1. The zero-order chi connectivity index (χ0) is 24.3. The second kappa shape index (κ2) is 9.84. The van der Waals surface area contributed by atoms with Crippen LogP contribution in [0.5, 0.6) is 0 Å². The lowest BCUT2D eigenvalue weighted by atomic mass is 10.0. The van der Waals surface area contributed by atoms with Crippen LogP contribution in [0.15, 0.2) is 30.5 Å². The van der Waals surface area contributed by atoms with Crippen LogP contribution in [0.2, 0.25) is 5.02 Å². The van der Waals surface area contributed by atoms with Crippen molar-refractivity contribution < 1.29 is 19.2 Å². The van der Waals surface area contributed by atoms with Crippen molar-refractivity contribution in [1.82, 2.24) is 14.9 Å². The van der Waals surface area contributed by atoms with Gasteiger partial charge in [0.1, 0.15) is 5.60 Å². The van der Waals surface area contributed by atoms with E-state index in [1.807, 2.05) is 26.8 Å². The standard InChI is InChI=1S/C23H30ClN5O4/c1-23(2,3)33-22(31)29-10-8-28(9-11-29)20-19(25)13-16(14-26-20)15-6-7-17(18(24)12-15)21(30)27(4)32-5/h6-7,12-14H,8-11,25H2,1-5H3. The molecule has 3 rings (SSSR count). The minimum Gasteiger partial charge on any atom is -0.444 e. The van der Waals surface area contributed by atoms with Gasteiger partial charge in [0.2, 0.25) is 0 Å². The van der Waals surface area contributed by atoms with Crippen LogP contribution < -0.4 is 10.6 Å². The quantitative estimate of drug-likeness (QED) is 0.673. The van der Waals surface area contributed by atoms with Gasteiger partial charge >= 0.3 is 6.09 Å². The first-order chi connectivity index (χ1) is 15.5.